The second-order valence-corrected chi connectivity index (χ2v) is 5.77. The standard InChI is InChI=1S/C11H20N2O2S/c1-4-16-7-5-6-13-9(14)8-12-11(2,3)10(13)15/h12H,4-8H2,1-3H3. The van der Waals surface area contributed by atoms with Crippen LogP contribution in [0.1, 0.15) is 27.2 Å². The molecule has 1 N–H and O–H groups in total. The molecular weight excluding hydrogens is 224 g/mol. The van der Waals surface area contributed by atoms with E-state index in [-0.39, 0.29) is 18.4 Å². The molecule has 1 aliphatic heterocycles. The van der Waals surface area contributed by atoms with Crippen molar-refractivity contribution in [3.63, 3.8) is 0 Å². The third-order valence-corrected chi connectivity index (χ3v) is 3.62. The van der Waals surface area contributed by atoms with Crippen molar-refractivity contribution in [3.05, 3.63) is 0 Å². The van der Waals surface area contributed by atoms with Crippen molar-refractivity contribution >= 4 is 23.6 Å². The van der Waals surface area contributed by atoms with Gasteiger partial charge in [0, 0.05) is 6.54 Å². The van der Waals surface area contributed by atoms with Gasteiger partial charge in [0.2, 0.25) is 11.8 Å². The molecule has 1 aliphatic rings. The van der Waals surface area contributed by atoms with Gasteiger partial charge >= 0.3 is 0 Å². The smallest absolute Gasteiger partial charge is 0.248 e. The van der Waals surface area contributed by atoms with Gasteiger partial charge in [-0.05, 0) is 31.8 Å². The number of hydrogen-bond acceptors (Lipinski definition) is 4. The summed E-state index contributed by atoms with van der Waals surface area (Å²) in [6, 6.07) is 0. The van der Waals surface area contributed by atoms with Crippen molar-refractivity contribution in [2.24, 2.45) is 0 Å². The summed E-state index contributed by atoms with van der Waals surface area (Å²) in [6.45, 7) is 6.55. The van der Waals surface area contributed by atoms with E-state index in [1.165, 1.54) is 4.90 Å². The van der Waals surface area contributed by atoms with Crippen LogP contribution in [0.4, 0.5) is 0 Å². The molecule has 0 aromatic rings. The van der Waals surface area contributed by atoms with E-state index in [2.05, 4.69) is 12.2 Å². The Morgan fingerprint density at radius 2 is 2.12 bits per heavy atom. The lowest BCUT2D eigenvalue weighted by atomic mass is 10.0. The van der Waals surface area contributed by atoms with Gasteiger partial charge in [0.1, 0.15) is 0 Å². The van der Waals surface area contributed by atoms with E-state index >= 15 is 0 Å². The molecular formula is C11H20N2O2S. The fourth-order valence-corrected chi connectivity index (χ4v) is 2.24. The molecule has 0 radical (unpaired) electrons. The van der Waals surface area contributed by atoms with Crippen LogP contribution in [-0.2, 0) is 9.59 Å². The minimum Gasteiger partial charge on any atom is -0.295 e. The molecule has 92 valence electrons. The fraction of sp³-hybridized carbons (Fsp3) is 0.818. The Morgan fingerprint density at radius 3 is 2.75 bits per heavy atom. The predicted molar refractivity (Wildman–Crippen MR) is 66.4 cm³/mol. The summed E-state index contributed by atoms with van der Waals surface area (Å²) in [4.78, 5) is 24.9. The van der Waals surface area contributed by atoms with Crippen LogP contribution < -0.4 is 5.32 Å². The van der Waals surface area contributed by atoms with E-state index in [4.69, 9.17) is 0 Å². The van der Waals surface area contributed by atoms with Crippen molar-refractivity contribution in [1.82, 2.24) is 10.2 Å². The van der Waals surface area contributed by atoms with E-state index in [1.54, 1.807) is 0 Å². The van der Waals surface area contributed by atoms with Crippen LogP contribution in [0.15, 0.2) is 0 Å². The van der Waals surface area contributed by atoms with Crippen LogP contribution in [0.25, 0.3) is 0 Å². The Balaban J connectivity index is 2.49. The number of thioether (sulfide) groups is 1. The second kappa shape index (κ2) is 5.68. The predicted octanol–water partition coefficient (Wildman–Crippen LogP) is 0.867. The zero-order chi connectivity index (χ0) is 12.2. The first-order valence-electron chi connectivity index (χ1n) is 5.66. The lowest BCUT2D eigenvalue weighted by Crippen LogP contribution is -2.63. The van der Waals surface area contributed by atoms with Gasteiger partial charge in [-0.25, -0.2) is 0 Å². The highest BCUT2D eigenvalue weighted by Crippen LogP contribution is 2.14. The Bertz CT molecular complexity index is 279. The Hall–Kier alpha value is -0.550. The number of imide groups is 1. The lowest BCUT2D eigenvalue weighted by Gasteiger charge is -2.36. The molecule has 1 rings (SSSR count). The molecule has 1 heterocycles. The zero-order valence-corrected chi connectivity index (χ0v) is 11.0. The number of hydrogen-bond donors (Lipinski definition) is 1. The van der Waals surface area contributed by atoms with Gasteiger partial charge in [-0.2, -0.15) is 11.8 Å². The molecule has 0 saturated carbocycles. The van der Waals surface area contributed by atoms with Gasteiger partial charge in [0.25, 0.3) is 0 Å². The van der Waals surface area contributed by atoms with Gasteiger partial charge in [0.05, 0.1) is 12.1 Å². The van der Waals surface area contributed by atoms with Crippen molar-refractivity contribution in [2.75, 3.05) is 24.6 Å². The molecule has 0 spiro atoms. The maximum absolute atomic E-state index is 12.0. The molecule has 1 fully saturated rings. The number of amides is 2. The van der Waals surface area contributed by atoms with Gasteiger partial charge in [-0.1, -0.05) is 6.92 Å². The highest BCUT2D eigenvalue weighted by Gasteiger charge is 2.39. The molecule has 0 aromatic carbocycles. The van der Waals surface area contributed by atoms with Crippen molar-refractivity contribution in [2.45, 2.75) is 32.7 Å². The van der Waals surface area contributed by atoms with Crippen LogP contribution in [0.2, 0.25) is 0 Å². The largest absolute Gasteiger partial charge is 0.295 e. The number of rotatable bonds is 5. The van der Waals surface area contributed by atoms with Crippen LogP contribution >= 0.6 is 11.8 Å². The summed E-state index contributed by atoms with van der Waals surface area (Å²) in [5.74, 6) is 1.87. The molecule has 16 heavy (non-hydrogen) atoms. The Kier molecular flexibility index (Phi) is 4.80. The molecule has 4 nitrogen and oxygen atoms in total. The minimum atomic E-state index is -0.605. The number of piperazine rings is 1. The van der Waals surface area contributed by atoms with Crippen molar-refractivity contribution in [1.29, 1.82) is 0 Å². The van der Waals surface area contributed by atoms with Crippen LogP contribution in [-0.4, -0.2) is 46.8 Å². The summed E-state index contributed by atoms with van der Waals surface area (Å²) < 4.78 is 0. The van der Waals surface area contributed by atoms with Crippen LogP contribution in [0.5, 0.6) is 0 Å². The van der Waals surface area contributed by atoms with Gasteiger partial charge in [0.15, 0.2) is 0 Å². The van der Waals surface area contributed by atoms with E-state index in [9.17, 15) is 9.59 Å². The van der Waals surface area contributed by atoms with Crippen molar-refractivity contribution < 1.29 is 9.59 Å². The summed E-state index contributed by atoms with van der Waals surface area (Å²) >= 11 is 1.83. The van der Waals surface area contributed by atoms with Gasteiger partial charge in [-0.15, -0.1) is 0 Å². The second-order valence-electron chi connectivity index (χ2n) is 4.38. The topological polar surface area (TPSA) is 49.4 Å². The monoisotopic (exact) mass is 244 g/mol. The Labute approximate surface area is 101 Å². The summed E-state index contributed by atoms with van der Waals surface area (Å²) in [6.07, 6.45) is 0.881. The third-order valence-electron chi connectivity index (χ3n) is 2.64. The molecule has 2 amide bonds. The van der Waals surface area contributed by atoms with Crippen LogP contribution in [0.3, 0.4) is 0 Å². The van der Waals surface area contributed by atoms with Gasteiger partial charge < -0.3 is 0 Å². The first-order chi connectivity index (χ1) is 7.49. The zero-order valence-electron chi connectivity index (χ0n) is 10.2. The molecule has 0 aromatic heterocycles. The SMILES string of the molecule is CCSCCCN1C(=O)CNC(C)(C)C1=O. The van der Waals surface area contributed by atoms with E-state index in [0.29, 0.717) is 6.54 Å². The molecule has 1 saturated heterocycles. The molecule has 0 unspecified atom stereocenters. The van der Waals surface area contributed by atoms with E-state index in [1.807, 2.05) is 25.6 Å². The van der Waals surface area contributed by atoms with E-state index < -0.39 is 5.54 Å². The third kappa shape index (κ3) is 3.22. The molecule has 0 atom stereocenters. The first-order valence-corrected chi connectivity index (χ1v) is 6.82. The average Bonchev–Trinajstić information content (AvgIpc) is 2.24. The normalized spacial score (nSPS) is 20.3. The minimum absolute atomic E-state index is 0.106. The highest BCUT2D eigenvalue weighted by atomic mass is 32.2. The van der Waals surface area contributed by atoms with E-state index in [0.717, 1.165) is 17.9 Å². The molecule has 0 bridgehead atoms. The fourth-order valence-electron chi connectivity index (χ4n) is 1.61. The Morgan fingerprint density at radius 1 is 1.44 bits per heavy atom. The van der Waals surface area contributed by atoms with Gasteiger partial charge in [-0.3, -0.25) is 19.8 Å². The number of nitrogens with one attached hydrogen (secondary N) is 1. The molecule has 0 aliphatic carbocycles. The number of carbonyl (C=O) groups is 2. The van der Waals surface area contributed by atoms with Crippen LogP contribution in [0, 0.1) is 0 Å². The molecule has 5 heteroatoms. The number of carbonyl (C=O) groups excluding carboxylic acids is 2. The lowest BCUT2D eigenvalue weighted by molar-refractivity contribution is -0.152. The maximum atomic E-state index is 12.0. The summed E-state index contributed by atoms with van der Waals surface area (Å²) in [5, 5.41) is 2.94. The number of nitrogens with zero attached hydrogens (tertiary/aromatic N) is 1. The van der Waals surface area contributed by atoms with Crippen molar-refractivity contribution in [3.8, 4) is 0 Å². The maximum Gasteiger partial charge on any atom is 0.248 e. The first kappa shape index (κ1) is 13.5. The summed E-state index contributed by atoms with van der Waals surface area (Å²) in [7, 11) is 0. The summed E-state index contributed by atoms with van der Waals surface area (Å²) in [5.41, 5.74) is -0.605. The quantitative estimate of drug-likeness (QED) is 0.576. The average molecular weight is 244 g/mol. The highest BCUT2D eigenvalue weighted by molar-refractivity contribution is 7.99.